The third-order valence-electron chi connectivity index (χ3n) is 3.52. The normalized spacial score (nSPS) is 18.8. The Morgan fingerprint density at radius 2 is 2.30 bits per heavy atom. The molecule has 1 aliphatic heterocycles. The molecule has 104 valence electrons. The Hall–Kier alpha value is -1.88. The number of hydrogen-bond donors (Lipinski definition) is 0. The van der Waals surface area contributed by atoms with Crippen LogP contribution in [0, 0.1) is 5.82 Å². The minimum Gasteiger partial charge on any atom is -0.324 e. The van der Waals surface area contributed by atoms with Crippen molar-refractivity contribution in [2.45, 2.75) is 19.0 Å². The first-order valence-electron chi connectivity index (χ1n) is 6.32. The third kappa shape index (κ3) is 2.54. The monoisotopic (exact) mass is 293 g/mol. The van der Waals surface area contributed by atoms with Gasteiger partial charge in [0.05, 0.1) is 18.0 Å². The van der Waals surface area contributed by atoms with Crippen LogP contribution in [0.25, 0.3) is 0 Å². The van der Waals surface area contributed by atoms with E-state index in [0.29, 0.717) is 19.6 Å². The summed E-state index contributed by atoms with van der Waals surface area (Å²) in [5, 5.41) is 0.100. The molecule has 3 rings (SSSR count). The number of likely N-dealkylation sites (tertiary alicyclic amines) is 1. The zero-order chi connectivity index (χ0) is 14.1. The maximum Gasteiger partial charge on any atom is 0.224 e. The summed E-state index contributed by atoms with van der Waals surface area (Å²) in [5.74, 6) is -0.289. The smallest absolute Gasteiger partial charge is 0.224 e. The minimum atomic E-state index is -0.435. The van der Waals surface area contributed by atoms with E-state index < -0.39 is 5.82 Å². The number of halogens is 2. The van der Waals surface area contributed by atoms with Crippen molar-refractivity contribution in [3.63, 3.8) is 0 Å². The van der Waals surface area contributed by atoms with Crippen LogP contribution in [0.15, 0.2) is 36.9 Å². The van der Waals surface area contributed by atoms with Gasteiger partial charge >= 0.3 is 0 Å². The van der Waals surface area contributed by atoms with Crippen molar-refractivity contribution < 1.29 is 9.18 Å². The summed E-state index contributed by atoms with van der Waals surface area (Å²) in [4.78, 5) is 17.7. The molecule has 1 saturated heterocycles. The fraction of sp³-hybridized carbons (Fsp3) is 0.286. The van der Waals surface area contributed by atoms with Crippen molar-refractivity contribution >= 4 is 17.5 Å². The predicted octanol–water partition coefficient (Wildman–Crippen LogP) is 2.65. The summed E-state index contributed by atoms with van der Waals surface area (Å²) >= 11 is 5.79. The van der Waals surface area contributed by atoms with Crippen LogP contribution in [0.5, 0.6) is 0 Å². The standard InChI is InChI=1S/C14H13ClFN3O/c15-12-5-10(1-2-13(12)16)11-6-14(20)19(7-11)9-18-4-3-17-8-18/h1-5,8,11H,6-7,9H2. The Morgan fingerprint density at radius 3 is 3.00 bits per heavy atom. The van der Waals surface area contributed by atoms with Gasteiger partial charge < -0.3 is 9.47 Å². The zero-order valence-electron chi connectivity index (χ0n) is 10.7. The first kappa shape index (κ1) is 13.1. The zero-order valence-corrected chi connectivity index (χ0v) is 11.4. The van der Waals surface area contributed by atoms with Gasteiger partial charge in [0.15, 0.2) is 0 Å². The average Bonchev–Trinajstić information content (AvgIpc) is 3.04. The summed E-state index contributed by atoms with van der Waals surface area (Å²) < 4.78 is 15.0. The summed E-state index contributed by atoms with van der Waals surface area (Å²) in [6.07, 6.45) is 5.60. The second-order valence-corrected chi connectivity index (χ2v) is 5.32. The molecule has 1 aliphatic rings. The van der Waals surface area contributed by atoms with Crippen molar-refractivity contribution in [3.8, 4) is 0 Å². The van der Waals surface area contributed by atoms with E-state index >= 15 is 0 Å². The summed E-state index contributed by atoms with van der Waals surface area (Å²) in [7, 11) is 0. The molecular formula is C14H13ClFN3O. The van der Waals surface area contributed by atoms with Crippen LogP contribution >= 0.6 is 11.6 Å². The van der Waals surface area contributed by atoms with Crippen LogP contribution < -0.4 is 0 Å². The van der Waals surface area contributed by atoms with Crippen LogP contribution in [-0.4, -0.2) is 26.9 Å². The highest BCUT2D eigenvalue weighted by atomic mass is 35.5. The van der Waals surface area contributed by atoms with Crippen molar-refractivity contribution in [2.75, 3.05) is 6.54 Å². The van der Waals surface area contributed by atoms with E-state index in [1.165, 1.54) is 6.07 Å². The van der Waals surface area contributed by atoms with Crippen LogP contribution in [-0.2, 0) is 11.5 Å². The van der Waals surface area contributed by atoms with Gasteiger partial charge in [0.1, 0.15) is 5.82 Å². The predicted molar refractivity (Wildman–Crippen MR) is 72.7 cm³/mol. The highest BCUT2D eigenvalue weighted by molar-refractivity contribution is 6.30. The Bertz CT molecular complexity index is 629. The highest BCUT2D eigenvalue weighted by Gasteiger charge is 2.30. The van der Waals surface area contributed by atoms with Crippen LogP contribution in [0.3, 0.4) is 0 Å². The van der Waals surface area contributed by atoms with E-state index in [2.05, 4.69) is 4.98 Å². The van der Waals surface area contributed by atoms with Gasteiger partial charge in [-0.15, -0.1) is 0 Å². The molecule has 2 aromatic rings. The Balaban J connectivity index is 1.74. The number of aromatic nitrogens is 2. The SMILES string of the molecule is O=C1CC(c2ccc(F)c(Cl)c2)CN1Cn1ccnc1. The molecule has 4 nitrogen and oxygen atoms in total. The molecule has 0 radical (unpaired) electrons. The molecule has 20 heavy (non-hydrogen) atoms. The molecule has 1 aromatic heterocycles. The molecule has 6 heteroatoms. The molecule has 1 fully saturated rings. The van der Waals surface area contributed by atoms with Gasteiger partial charge in [0.2, 0.25) is 5.91 Å². The highest BCUT2D eigenvalue weighted by Crippen LogP contribution is 2.30. The molecular weight excluding hydrogens is 281 g/mol. The van der Waals surface area contributed by atoms with E-state index in [1.807, 2.05) is 10.8 Å². The average molecular weight is 294 g/mol. The topological polar surface area (TPSA) is 38.1 Å². The first-order chi connectivity index (χ1) is 9.63. The van der Waals surface area contributed by atoms with Gasteiger partial charge in [0.25, 0.3) is 0 Å². The number of rotatable bonds is 3. The number of hydrogen-bond acceptors (Lipinski definition) is 2. The Labute approximate surface area is 120 Å². The maximum absolute atomic E-state index is 13.2. The van der Waals surface area contributed by atoms with Gasteiger partial charge in [0, 0.05) is 31.3 Å². The second kappa shape index (κ2) is 5.25. The van der Waals surface area contributed by atoms with Gasteiger partial charge in [-0.25, -0.2) is 9.37 Å². The lowest BCUT2D eigenvalue weighted by Gasteiger charge is -2.17. The van der Waals surface area contributed by atoms with Crippen molar-refractivity contribution in [2.24, 2.45) is 0 Å². The fourth-order valence-electron chi connectivity index (χ4n) is 2.47. The molecule has 0 saturated carbocycles. The van der Waals surface area contributed by atoms with Gasteiger partial charge in [-0.05, 0) is 17.7 Å². The van der Waals surface area contributed by atoms with E-state index in [1.54, 1.807) is 29.6 Å². The van der Waals surface area contributed by atoms with Gasteiger partial charge in [-0.3, -0.25) is 4.79 Å². The number of nitrogens with zero attached hydrogens (tertiary/aromatic N) is 3. The number of imidazole rings is 1. The van der Waals surface area contributed by atoms with Crippen molar-refractivity contribution in [1.82, 2.24) is 14.5 Å². The minimum absolute atomic E-state index is 0.0594. The van der Waals surface area contributed by atoms with Gasteiger partial charge in [-0.1, -0.05) is 17.7 Å². The van der Waals surface area contributed by atoms with Crippen molar-refractivity contribution in [3.05, 3.63) is 53.3 Å². The van der Waals surface area contributed by atoms with Crippen LogP contribution in [0.1, 0.15) is 17.9 Å². The van der Waals surface area contributed by atoms with Gasteiger partial charge in [-0.2, -0.15) is 0 Å². The molecule has 0 bridgehead atoms. The molecule has 2 heterocycles. The number of carbonyl (C=O) groups excluding carboxylic acids is 1. The molecule has 0 spiro atoms. The second-order valence-electron chi connectivity index (χ2n) is 4.91. The van der Waals surface area contributed by atoms with E-state index in [9.17, 15) is 9.18 Å². The number of benzene rings is 1. The molecule has 1 amide bonds. The van der Waals surface area contributed by atoms with Crippen LogP contribution in [0.4, 0.5) is 4.39 Å². The number of amides is 1. The van der Waals surface area contributed by atoms with E-state index in [0.717, 1.165) is 5.56 Å². The van der Waals surface area contributed by atoms with Crippen LogP contribution in [0.2, 0.25) is 5.02 Å². The number of carbonyl (C=O) groups is 1. The first-order valence-corrected chi connectivity index (χ1v) is 6.70. The fourth-order valence-corrected chi connectivity index (χ4v) is 2.65. The molecule has 1 unspecified atom stereocenters. The van der Waals surface area contributed by atoms with Crippen molar-refractivity contribution in [1.29, 1.82) is 0 Å². The lowest BCUT2D eigenvalue weighted by Crippen LogP contribution is -2.27. The lowest BCUT2D eigenvalue weighted by atomic mass is 9.98. The largest absolute Gasteiger partial charge is 0.324 e. The molecule has 0 N–H and O–H groups in total. The molecule has 1 atom stereocenters. The molecule has 0 aliphatic carbocycles. The lowest BCUT2D eigenvalue weighted by molar-refractivity contribution is -0.129. The van der Waals surface area contributed by atoms with E-state index in [-0.39, 0.29) is 16.8 Å². The summed E-state index contributed by atoms with van der Waals surface area (Å²) in [6, 6.07) is 4.65. The van der Waals surface area contributed by atoms with E-state index in [4.69, 9.17) is 11.6 Å². The summed E-state index contributed by atoms with van der Waals surface area (Å²) in [5.41, 5.74) is 0.901. The Kier molecular flexibility index (Phi) is 3.44. The Morgan fingerprint density at radius 1 is 1.45 bits per heavy atom. The molecule has 1 aromatic carbocycles. The maximum atomic E-state index is 13.2. The summed E-state index contributed by atoms with van der Waals surface area (Å²) in [6.45, 7) is 1.10. The third-order valence-corrected chi connectivity index (χ3v) is 3.81. The quantitative estimate of drug-likeness (QED) is 0.872.